The third kappa shape index (κ3) is 3.70. The minimum absolute atomic E-state index is 0.394. The van der Waals surface area contributed by atoms with Gasteiger partial charge in [0.25, 0.3) is 0 Å². The minimum Gasteiger partial charge on any atom is -0.306 e. The van der Waals surface area contributed by atoms with Crippen molar-refractivity contribution in [3.8, 4) is 0 Å². The highest BCUT2D eigenvalue weighted by Crippen LogP contribution is 2.28. The monoisotopic (exact) mass is 270 g/mol. The second-order valence-electron chi connectivity index (χ2n) is 4.90. The van der Waals surface area contributed by atoms with Crippen LogP contribution in [0.1, 0.15) is 49.4 Å². The van der Waals surface area contributed by atoms with E-state index in [9.17, 15) is 0 Å². The zero-order valence-corrected chi connectivity index (χ0v) is 12.5. The smallest absolute Gasteiger partial charge is 0.0898 e. The van der Waals surface area contributed by atoms with Crippen molar-refractivity contribution in [1.29, 1.82) is 0 Å². The Bertz CT molecular complexity index is 351. The molecule has 4 heteroatoms. The number of thiazole rings is 1. The Hall–Kier alpha value is -0.0600. The summed E-state index contributed by atoms with van der Waals surface area (Å²) in [7, 11) is 0. The molecule has 2 nitrogen and oxygen atoms in total. The van der Waals surface area contributed by atoms with Crippen LogP contribution in [0, 0.1) is 6.92 Å². The van der Waals surface area contributed by atoms with Crippen molar-refractivity contribution in [2.24, 2.45) is 0 Å². The molecule has 0 spiro atoms. The van der Waals surface area contributed by atoms with E-state index >= 15 is 0 Å². The average molecular weight is 270 g/mol. The highest BCUT2D eigenvalue weighted by molar-refractivity contribution is 7.99. The Morgan fingerprint density at radius 2 is 2.35 bits per heavy atom. The molecule has 1 fully saturated rings. The molecule has 1 heterocycles. The lowest BCUT2D eigenvalue weighted by Gasteiger charge is -2.30. The highest BCUT2D eigenvalue weighted by atomic mass is 32.2. The van der Waals surface area contributed by atoms with Crippen LogP contribution in [-0.4, -0.2) is 22.5 Å². The summed E-state index contributed by atoms with van der Waals surface area (Å²) in [6.45, 7) is 4.31. The Balaban J connectivity index is 1.87. The summed E-state index contributed by atoms with van der Waals surface area (Å²) in [5, 5.41) is 7.94. The van der Waals surface area contributed by atoms with E-state index in [1.54, 1.807) is 11.3 Å². The van der Waals surface area contributed by atoms with E-state index in [4.69, 9.17) is 0 Å². The topological polar surface area (TPSA) is 24.9 Å². The zero-order valence-electron chi connectivity index (χ0n) is 10.9. The van der Waals surface area contributed by atoms with Crippen LogP contribution >= 0.6 is 23.1 Å². The third-order valence-corrected chi connectivity index (χ3v) is 5.41. The van der Waals surface area contributed by atoms with Gasteiger partial charge in [-0.2, -0.15) is 11.8 Å². The molecule has 1 aromatic heterocycles. The molecule has 0 amide bonds. The first-order valence-corrected chi connectivity index (χ1v) is 8.56. The normalized spacial score (nSPS) is 27.0. The van der Waals surface area contributed by atoms with Crippen LogP contribution in [0.15, 0.2) is 5.38 Å². The Morgan fingerprint density at radius 1 is 1.53 bits per heavy atom. The highest BCUT2D eigenvalue weighted by Gasteiger charge is 2.23. The molecule has 1 N–H and O–H groups in total. The second-order valence-corrected chi connectivity index (χ2v) is 7.10. The Kier molecular flexibility index (Phi) is 4.88. The van der Waals surface area contributed by atoms with E-state index in [0.717, 1.165) is 5.25 Å². The van der Waals surface area contributed by atoms with Gasteiger partial charge in [0.05, 0.1) is 10.7 Å². The van der Waals surface area contributed by atoms with E-state index in [1.807, 2.05) is 11.8 Å². The van der Waals surface area contributed by atoms with Crippen LogP contribution in [0.2, 0.25) is 0 Å². The maximum absolute atomic E-state index is 4.57. The van der Waals surface area contributed by atoms with Crippen LogP contribution in [0.25, 0.3) is 0 Å². The summed E-state index contributed by atoms with van der Waals surface area (Å²) in [5.74, 6) is 0. The molecule has 1 aromatic rings. The molecule has 0 radical (unpaired) electrons. The first-order valence-electron chi connectivity index (χ1n) is 6.40. The van der Waals surface area contributed by atoms with Crippen LogP contribution in [-0.2, 0) is 0 Å². The Morgan fingerprint density at radius 3 is 3.00 bits per heavy atom. The lowest BCUT2D eigenvalue weighted by molar-refractivity contribution is 0.351. The van der Waals surface area contributed by atoms with Gasteiger partial charge in [0.15, 0.2) is 0 Å². The molecule has 2 rings (SSSR count). The van der Waals surface area contributed by atoms with Crippen molar-refractivity contribution >= 4 is 23.1 Å². The molecular formula is C13H22N2S2. The van der Waals surface area contributed by atoms with Gasteiger partial charge in [0.2, 0.25) is 0 Å². The first kappa shape index (κ1) is 13.4. The standard InChI is InChI=1S/C13H22N2S2/c1-9(13-8-17-10(2)15-13)14-11-5-4-6-12(7-11)16-3/h8-9,11-12,14H,4-7H2,1-3H3. The van der Waals surface area contributed by atoms with Gasteiger partial charge in [-0.3, -0.25) is 0 Å². The van der Waals surface area contributed by atoms with Gasteiger partial charge in [-0.1, -0.05) is 6.42 Å². The molecule has 17 heavy (non-hydrogen) atoms. The molecule has 96 valence electrons. The summed E-state index contributed by atoms with van der Waals surface area (Å²) < 4.78 is 0. The van der Waals surface area contributed by atoms with Gasteiger partial charge in [-0.05, 0) is 39.4 Å². The SMILES string of the molecule is CSC1CCCC(NC(C)c2csc(C)n2)C1. The predicted octanol–water partition coefficient (Wildman–Crippen LogP) is 3.78. The number of nitrogens with one attached hydrogen (secondary N) is 1. The predicted molar refractivity (Wildman–Crippen MR) is 78.0 cm³/mol. The summed E-state index contributed by atoms with van der Waals surface area (Å²) in [5.41, 5.74) is 1.21. The van der Waals surface area contributed by atoms with Gasteiger partial charge in [-0.25, -0.2) is 4.98 Å². The van der Waals surface area contributed by atoms with E-state index < -0.39 is 0 Å². The number of rotatable bonds is 4. The number of aromatic nitrogens is 1. The second kappa shape index (κ2) is 6.21. The molecule has 3 atom stereocenters. The summed E-state index contributed by atoms with van der Waals surface area (Å²) in [6, 6.07) is 1.07. The fraction of sp³-hybridized carbons (Fsp3) is 0.769. The number of nitrogens with zero attached hydrogens (tertiary/aromatic N) is 1. The number of hydrogen-bond donors (Lipinski definition) is 1. The molecule has 1 aliphatic rings. The molecule has 3 unspecified atom stereocenters. The van der Waals surface area contributed by atoms with E-state index in [0.29, 0.717) is 12.1 Å². The third-order valence-electron chi connectivity index (χ3n) is 3.53. The molecule has 1 aliphatic carbocycles. The van der Waals surface area contributed by atoms with Gasteiger partial charge >= 0.3 is 0 Å². The van der Waals surface area contributed by atoms with Crippen molar-refractivity contribution in [3.63, 3.8) is 0 Å². The quantitative estimate of drug-likeness (QED) is 0.901. The summed E-state index contributed by atoms with van der Waals surface area (Å²) >= 11 is 3.77. The zero-order chi connectivity index (χ0) is 12.3. The molecular weight excluding hydrogens is 248 g/mol. The first-order chi connectivity index (χ1) is 8.19. The van der Waals surface area contributed by atoms with Crippen LogP contribution in [0.5, 0.6) is 0 Å². The van der Waals surface area contributed by atoms with Crippen molar-refractivity contribution in [1.82, 2.24) is 10.3 Å². The molecule has 0 saturated heterocycles. The largest absolute Gasteiger partial charge is 0.306 e. The summed E-state index contributed by atoms with van der Waals surface area (Å²) in [4.78, 5) is 4.57. The van der Waals surface area contributed by atoms with E-state index in [-0.39, 0.29) is 0 Å². The lowest BCUT2D eigenvalue weighted by atomic mass is 9.94. The molecule has 0 aromatic carbocycles. The minimum atomic E-state index is 0.394. The fourth-order valence-corrected chi connectivity index (χ4v) is 4.06. The van der Waals surface area contributed by atoms with Crippen molar-refractivity contribution < 1.29 is 0 Å². The number of hydrogen-bond acceptors (Lipinski definition) is 4. The molecule has 0 aliphatic heterocycles. The van der Waals surface area contributed by atoms with Gasteiger partial charge < -0.3 is 5.32 Å². The van der Waals surface area contributed by atoms with E-state index in [2.05, 4.69) is 35.8 Å². The molecule has 1 saturated carbocycles. The maximum atomic E-state index is 4.57. The number of aryl methyl sites for hydroxylation is 1. The van der Waals surface area contributed by atoms with Gasteiger partial charge in [-0.15, -0.1) is 11.3 Å². The fourth-order valence-electron chi connectivity index (χ4n) is 2.53. The van der Waals surface area contributed by atoms with Crippen molar-refractivity contribution in [2.75, 3.05) is 6.26 Å². The summed E-state index contributed by atoms with van der Waals surface area (Å²) in [6.07, 6.45) is 7.63. The number of thioether (sulfide) groups is 1. The van der Waals surface area contributed by atoms with Crippen LogP contribution < -0.4 is 5.32 Å². The van der Waals surface area contributed by atoms with Crippen LogP contribution in [0.4, 0.5) is 0 Å². The van der Waals surface area contributed by atoms with Crippen LogP contribution in [0.3, 0.4) is 0 Å². The van der Waals surface area contributed by atoms with Crippen molar-refractivity contribution in [2.45, 2.75) is 56.9 Å². The lowest BCUT2D eigenvalue weighted by Crippen LogP contribution is -2.36. The van der Waals surface area contributed by atoms with E-state index in [1.165, 1.54) is 36.4 Å². The van der Waals surface area contributed by atoms with Gasteiger partial charge in [0, 0.05) is 22.7 Å². The maximum Gasteiger partial charge on any atom is 0.0898 e. The van der Waals surface area contributed by atoms with Gasteiger partial charge in [0.1, 0.15) is 0 Å². The van der Waals surface area contributed by atoms with Crippen molar-refractivity contribution in [3.05, 3.63) is 16.1 Å². The average Bonchev–Trinajstić information content (AvgIpc) is 2.76. The molecule has 0 bridgehead atoms. The Labute approximate surface area is 113 Å².